The first kappa shape index (κ1) is 16.3. The SMILES string of the molecule is Cc1ccc(C(=O)N2CCCC(c3nc4ccccc4s3)C2)c(C)c1. The number of aromatic nitrogens is 1. The molecule has 4 heteroatoms. The van der Waals surface area contributed by atoms with Crippen molar-refractivity contribution in [2.24, 2.45) is 0 Å². The lowest BCUT2D eigenvalue weighted by molar-refractivity contribution is 0.0706. The molecule has 1 saturated heterocycles. The number of hydrogen-bond donors (Lipinski definition) is 0. The van der Waals surface area contributed by atoms with Crippen molar-refractivity contribution in [3.63, 3.8) is 0 Å². The highest BCUT2D eigenvalue weighted by molar-refractivity contribution is 7.18. The van der Waals surface area contributed by atoms with Crippen molar-refractivity contribution in [3.05, 3.63) is 64.2 Å². The third-order valence-electron chi connectivity index (χ3n) is 4.98. The fraction of sp³-hybridized carbons (Fsp3) is 0.333. The number of thiazole rings is 1. The van der Waals surface area contributed by atoms with Crippen LogP contribution < -0.4 is 0 Å². The molecule has 2 aromatic carbocycles. The van der Waals surface area contributed by atoms with E-state index in [-0.39, 0.29) is 5.91 Å². The van der Waals surface area contributed by atoms with Gasteiger partial charge in [0.2, 0.25) is 0 Å². The summed E-state index contributed by atoms with van der Waals surface area (Å²) in [5, 5.41) is 1.17. The summed E-state index contributed by atoms with van der Waals surface area (Å²) in [4.78, 5) is 19.8. The minimum absolute atomic E-state index is 0.156. The summed E-state index contributed by atoms with van der Waals surface area (Å²) in [7, 11) is 0. The highest BCUT2D eigenvalue weighted by atomic mass is 32.1. The summed E-state index contributed by atoms with van der Waals surface area (Å²) in [6, 6.07) is 14.4. The maximum atomic E-state index is 13.0. The molecule has 1 fully saturated rings. The van der Waals surface area contributed by atoms with Gasteiger partial charge in [0.25, 0.3) is 5.91 Å². The minimum Gasteiger partial charge on any atom is -0.338 e. The number of likely N-dealkylation sites (tertiary alicyclic amines) is 1. The van der Waals surface area contributed by atoms with Crippen molar-refractivity contribution in [2.75, 3.05) is 13.1 Å². The number of carbonyl (C=O) groups excluding carboxylic acids is 1. The van der Waals surface area contributed by atoms with Crippen LogP contribution in [-0.2, 0) is 0 Å². The van der Waals surface area contributed by atoms with Crippen LogP contribution in [0.15, 0.2) is 42.5 Å². The molecule has 0 bridgehead atoms. The van der Waals surface area contributed by atoms with Crippen molar-refractivity contribution in [1.82, 2.24) is 9.88 Å². The van der Waals surface area contributed by atoms with Crippen LogP contribution in [0.4, 0.5) is 0 Å². The van der Waals surface area contributed by atoms with Gasteiger partial charge in [0.15, 0.2) is 0 Å². The third-order valence-corrected chi connectivity index (χ3v) is 6.18. The molecule has 3 nitrogen and oxygen atoms in total. The van der Waals surface area contributed by atoms with Gasteiger partial charge in [-0.3, -0.25) is 4.79 Å². The van der Waals surface area contributed by atoms with Crippen LogP contribution in [0.2, 0.25) is 0 Å². The first-order valence-corrected chi connectivity index (χ1v) is 9.65. The average molecular weight is 350 g/mol. The predicted molar refractivity (Wildman–Crippen MR) is 103 cm³/mol. The molecule has 1 unspecified atom stereocenters. The fourth-order valence-electron chi connectivity index (χ4n) is 3.65. The van der Waals surface area contributed by atoms with Crippen molar-refractivity contribution < 1.29 is 4.79 Å². The highest BCUT2D eigenvalue weighted by Gasteiger charge is 2.28. The molecular formula is C21H22N2OS. The van der Waals surface area contributed by atoms with Crippen LogP contribution in [0.3, 0.4) is 0 Å². The second-order valence-electron chi connectivity index (χ2n) is 6.93. The average Bonchev–Trinajstić information content (AvgIpc) is 3.05. The van der Waals surface area contributed by atoms with E-state index in [4.69, 9.17) is 4.98 Å². The molecule has 1 aliphatic heterocycles. The number of para-hydroxylation sites is 1. The smallest absolute Gasteiger partial charge is 0.254 e. The zero-order valence-electron chi connectivity index (χ0n) is 14.7. The third kappa shape index (κ3) is 3.19. The Bertz CT molecular complexity index is 898. The summed E-state index contributed by atoms with van der Waals surface area (Å²) in [6.45, 7) is 5.69. The zero-order valence-corrected chi connectivity index (χ0v) is 15.5. The standard InChI is InChI=1S/C21H22N2OS/c1-14-9-10-17(15(2)12-14)21(24)23-11-5-6-16(13-23)20-22-18-7-3-4-8-19(18)25-20/h3-4,7-10,12,16H,5-6,11,13H2,1-2H3. The molecule has 128 valence electrons. The maximum Gasteiger partial charge on any atom is 0.254 e. The molecule has 4 rings (SSSR count). The lowest BCUT2D eigenvalue weighted by atomic mass is 9.97. The second-order valence-corrected chi connectivity index (χ2v) is 7.99. The Morgan fingerprint density at radius 1 is 1.20 bits per heavy atom. The van der Waals surface area contributed by atoms with Gasteiger partial charge in [-0.15, -0.1) is 11.3 Å². The normalized spacial score (nSPS) is 17.8. The first-order chi connectivity index (χ1) is 12.1. The number of hydrogen-bond acceptors (Lipinski definition) is 3. The molecule has 1 atom stereocenters. The maximum absolute atomic E-state index is 13.0. The number of piperidine rings is 1. The first-order valence-electron chi connectivity index (χ1n) is 8.84. The highest BCUT2D eigenvalue weighted by Crippen LogP contribution is 2.33. The van der Waals surface area contributed by atoms with Gasteiger partial charge in [-0.2, -0.15) is 0 Å². The van der Waals surface area contributed by atoms with E-state index in [1.807, 2.05) is 30.0 Å². The Labute approximate surface area is 152 Å². The molecule has 0 aliphatic carbocycles. The van der Waals surface area contributed by atoms with Gasteiger partial charge in [0.05, 0.1) is 15.2 Å². The topological polar surface area (TPSA) is 33.2 Å². The number of fused-ring (bicyclic) bond motifs is 1. The Kier molecular flexibility index (Phi) is 4.30. The van der Waals surface area contributed by atoms with E-state index in [1.165, 1.54) is 15.3 Å². The number of aryl methyl sites for hydroxylation is 2. The molecule has 3 aromatic rings. The van der Waals surface area contributed by atoms with Gasteiger partial charge >= 0.3 is 0 Å². The lowest BCUT2D eigenvalue weighted by Gasteiger charge is -2.32. The van der Waals surface area contributed by atoms with Gasteiger partial charge in [0, 0.05) is 24.6 Å². The molecule has 0 saturated carbocycles. The van der Waals surface area contributed by atoms with Crippen LogP contribution >= 0.6 is 11.3 Å². The van der Waals surface area contributed by atoms with Crippen LogP contribution in [0.5, 0.6) is 0 Å². The molecule has 1 aromatic heterocycles. The minimum atomic E-state index is 0.156. The Hall–Kier alpha value is -2.20. The summed E-state index contributed by atoms with van der Waals surface area (Å²) in [6.07, 6.45) is 2.15. The Balaban J connectivity index is 1.57. The van der Waals surface area contributed by atoms with Gasteiger partial charge in [-0.05, 0) is 50.5 Å². The lowest BCUT2D eigenvalue weighted by Crippen LogP contribution is -2.39. The van der Waals surface area contributed by atoms with E-state index in [0.29, 0.717) is 5.92 Å². The van der Waals surface area contributed by atoms with Crippen LogP contribution in [0, 0.1) is 13.8 Å². The van der Waals surface area contributed by atoms with E-state index >= 15 is 0 Å². The molecule has 2 heterocycles. The van der Waals surface area contributed by atoms with Crippen LogP contribution in [0.25, 0.3) is 10.2 Å². The van der Waals surface area contributed by atoms with Crippen molar-refractivity contribution in [2.45, 2.75) is 32.6 Å². The van der Waals surface area contributed by atoms with Crippen LogP contribution in [-0.4, -0.2) is 28.9 Å². The molecule has 25 heavy (non-hydrogen) atoms. The fourth-order valence-corrected chi connectivity index (χ4v) is 4.74. The van der Waals surface area contributed by atoms with Crippen LogP contribution in [0.1, 0.15) is 45.3 Å². The number of amides is 1. The van der Waals surface area contributed by atoms with Gasteiger partial charge in [0.1, 0.15) is 0 Å². The number of nitrogens with zero attached hydrogens (tertiary/aromatic N) is 2. The molecular weight excluding hydrogens is 328 g/mol. The van der Waals surface area contributed by atoms with E-state index in [2.05, 4.69) is 31.2 Å². The molecule has 1 amide bonds. The van der Waals surface area contributed by atoms with Crippen molar-refractivity contribution in [3.8, 4) is 0 Å². The Morgan fingerprint density at radius 3 is 2.84 bits per heavy atom. The summed E-state index contributed by atoms with van der Waals surface area (Å²) >= 11 is 1.77. The monoisotopic (exact) mass is 350 g/mol. The Morgan fingerprint density at radius 2 is 2.04 bits per heavy atom. The summed E-state index contributed by atoms with van der Waals surface area (Å²) in [5.74, 6) is 0.504. The van der Waals surface area contributed by atoms with Gasteiger partial charge in [-0.25, -0.2) is 4.98 Å². The summed E-state index contributed by atoms with van der Waals surface area (Å²) < 4.78 is 1.23. The number of carbonyl (C=O) groups is 1. The number of rotatable bonds is 2. The van der Waals surface area contributed by atoms with E-state index < -0.39 is 0 Å². The quantitative estimate of drug-likeness (QED) is 0.656. The van der Waals surface area contributed by atoms with Gasteiger partial charge < -0.3 is 4.90 Å². The summed E-state index contributed by atoms with van der Waals surface area (Å²) in [5.41, 5.74) is 4.16. The largest absolute Gasteiger partial charge is 0.338 e. The van der Waals surface area contributed by atoms with E-state index in [0.717, 1.165) is 42.6 Å². The molecule has 0 radical (unpaired) electrons. The zero-order chi connectivity index (χ0) is 17.4. The molecule has 0 N–H and O–H groups in total. The molecule has 0 spiro atoms. The molecule has 1 aliphatic rings. The van der Waals surface area contributed by atoms with E-state index in [1.54, 1.807) is 11.3 Å². The van der Waals surface area contributed by atoms with Crippen molar-refractivity contribution in [1.29, 1.82) is 0 Å². The number of benzene rings is 2. The predicted octanol–water partition coefficient (Wildman–Crippen LogP) is 4.93. The van der Waals surface area contributed by atoms with E-state index in [9.17, 15) is 4.79 Å². The second kappa shape index (κ2) is 6.60. The van der Waals surface area contributed by atoms with Crippen molar-refractivity contribution >= 4 is 27.5 Å². The van der Waals surface area contributed by atoms with Gasteiger partial charge in [-0.1, -0.05) is 29.8 Å².